The zero-order chi connectivity index (χ0) is 11.3. The number of Topliss-reactive ketones (excluding diaryl/α,β-unsaturated/α-hetero) is 1. The number of hydrogen-bond donors (Lipinski definition) is 0. The first kappa shape index (κ1) is 13.2. The van der Waals surface area contributed by atoms with E-state index < -0.39 is 0 Å². The van der Waals surface area contributed by atoms with Gasteiger partial charge in [-0.15, -0.1) is 0 Å². The maximum atomic E-state index is 11.8. The van der Waals surface area contributed by atoms with Crippen LogP contribution in [0.4, 0.5) is 0 Å². The monoisotopic (exact) mass is 194 g/mol. The fraction of sp³-hybridized carbons (Fsp3) is 0.615. The molecule has 0 radical (unpaired) electrons. The summed E-state index contributed by atoms with van der Waals surface area (Å²) in [6, 6.07) is 0. The summed E-state index contributed by atoms with van der Waals surface area (Å²) in [7, 11) is 0. The predicted molar refractivity (Wildman–Crippen MR) is 62.2 cm³/mol. The molecule has 0 saturated carbocycles. The largest absolute Gasteiger partial charge is 0.289 e. The van der Waals surface area contributed by atoms with E-state index in [1.165, 1.54) is 0 Å². The van der Waals surface area contributed by atoms with Gasteiger partial charge in [-0.2, -0.15) is 0 Å². The normalized spacial score (nSPS) is 14.0. The Hall–Kier alpha value is -0.850. The lowest BCUT2D eigenvalue weighted by atomic mass is 10.00. The molecule has 0 aliphatic carbocycles. The molecular weight excluding hydrogens is 172 g/mol. The average Bonchev–Trinajstić information content (AvgIpc) is 2.00. The molecule has 0 spiro atoms. The topological polar surface area (TPSA) is 17.1 Å². The van der Waals surface area contributed by atoms with Crippen molar-refractivity contribution in [2.24, 2.45) is 11.8 Å². The summed E-state index contributed by atoms with van der Waals surface area (Å²) in [5, 5.41) is 0. The minimum Gasteiger partial charge on any atom is -0.289 e. The van der Waals surface area contributed by atoms with E-state index in [2.05, 4.69) is 27.7 Å². The summed E-state index contributed by atoms with van der Waals surface area (Å²) in [5.41, 5.74) is 1.71. The summed E-state index contributed by atoms with van der Waals surface area (Å²) in [6.07, 6.45) is 4.03. The lowest BCUT2D eigenvalue weighted by Gasteiger charge is -2.04. The van der Waals surface area contributed by atoms with Crippen LogP contribution in [-0.2, 0) is 4.79 Å². The molecule has 0 N–H and O–H groups in total. The molecule has 0 unspecified atom stereocenters. The molecule has 0 heterocycles. The molecule has 80 valence electrons. The maximum Gasteiger partial charge on any atom is 0.183 e. The Kier molecular flexibility index (Phi) is 5.44. The van der Waals surface area contributed by atoms with Crippen LogP contribution in [0.3, 0.4) is 0 Å². The molecule has 0 aromatic rings. The van der Waals surface area contributed by atoms with Crippen LogP contribution in [0.15, 0.2) is 23.3 Å². The van der Waals surface area contributed by atoms with Crippen molar-refractivity contribution in [1.82, 2.24) is 0 Å². The van der Waals surface area contributed by atoms with Gasteiger partial charge in [-0.3, -0.25) is 4.79 Å². The molecule has 0 aromatic carbocycles. The maximum absolute atomic E-state index is 11.8. The van der Waals surface area contributed by atoms with Crippen molar-refractivity contribution in [2.75, 3.05) is 0 Å². The third-order valence-electron chi connectivity index (χ3n) is 1.88. The van der Waals surface area contributed by atoms with Crippen molar-refractivity contribution >= 4 is 5.78 Å². The molecule has 14 heavy (non-hydrogen) atoms. The first-order valence-corrected chi connectivity index (χ1v) is 5.26. The third-order valence-corrected chi connectivity index (χ3v) is 1.88. The molecule has 0 bridgehead atoms. The minimum absolute atomic E-state index is 0.174. The summed E-state index contributed by atoms with van der Waals surface area (Å²) >= 11 is 0. The first-order chi connectivity index (χ1) is 6.34. The highest BCUT2D eigenvalue weighted by atomic mass is 16.1. The van der Waals surface area contributed by atoms with Gasteiger partial charge in [-0.25, -0.2) is 0 Å². The van der Waals surface area contributed by atoms with Crippen LogP contribution in [0.25, 0.3) is 0 Å². The van der Waals surface area contributed by atoms with Crippen molar-refractivity contribution < 1.29 is 4.79 Å². The molecule has 0 aliphatic heterocycles. The van der Waals surface area contributed by atoms with E-state index in [0.29, 0.717) is 11.8 Å². The van der Waals surface area contributed by atoms with E-state index in [-0.39, 0.29) is 5.78 Å². The Balaban J connectivity index is 4.63. The highest BCUT2D eigenvalue weighted by Gasteiger charge is 2.07. The van der Waals surface area contributed by atoms with Gasteiger partial charge in [0.25, 0.3) is 0 Å². The second-order valence-electron chi connectivity index (χ2n) is 4.52. The van der Waals surface area contributed by atoms with Crippen molar-refractivity contribution in [3.63, 3.8) is 0 Å². The van der Waals surface area contributed by atoms with Crippen LogP contribution in [-0.4, -0.2) is 5.78 Å². The van der Waals surface area contributed by atoms with Gasteiger partial charge in [0.1, 0.15) is 0 Å². The summed E-state index contributed by atoms with van der Waals surface area (Å²) in [6.45, 7) is 12.1. The number of rotatable bonds is 4. The summed E-state index contributed by atoms with van der Waals surface area (Å²) in [5.74, 6) is 1.05. The van der Waals surface area contributed by atoms with Crippen LogP contribution >= 0.6 is 0 Å². The van der Waals surface area contributed by atoms with Crippen molar-refractivity contribution in [3.05, 3.63) is 23.3 Å². The minimum atomic E-state index is 0.174. The number of carbonyl (C=O) groups is 1. The molecule has 0 aromatic heterocycles. The molecule has 0 saturated heterocycles. The van der Waals surface area contributed by atoms with Gasteiger partial charge in [0.15, 0.2) is 5.78 Å². The van der Waals surface area contributed by atoms with E-state index >= 15 is 0 Å². The molecule has 0 aliphatic rings. The van der Waals surface area contributed by atoms with E-state index in [0.717, 1.165) is 11.1 Å². The van der Waals surface area contributed by atoms with Crippen LogP contribution < -0.4 is 0 Å². The highest BCUT2D eigenvalue weighted by Crippen LogP contribution is 2.10. The number of carbonyl (C=O) groups excluding carboxylic acids is 1. The molecule has 0 atom stereocenters. The zero-order valence-corrected chi connectivity index (χ0v) is 10.2. The Labute approximate surface area is 87.9 Å². The van der Waals surface area contributed by atoms with Gasteiger partial charge in [0, 0.05) is 0 Å². The van der Waals surface area contributed by atoms with Gasteiger partial charge in [-0.05, 0) is 36.8 Å². The molecule has 0 amide bonds. The van der Waals surface area contributed by atoms with Gasteiger partial charge in [0.2, 0.25) is 0 Å². The van der Waals surface area contributed by atoms with Crippen LogP contribution in [0.1, 0.15) is 41.5 Å². The number of allylic oxidation sites excluding steroid dienone is 4. The Morgan fingerprint density at radius 3 is 1.36 bits per heavy atom. The van der Waals surface area contributed by atoms with E-state index in [4.69, 9.17) is 0 Å². The second kappa shape index (κ2) is 5.79. The van der Waals surface area contributed by atoms with Crippen molar-refractivity contribution in [3.8, 4) is 0 Å². The molecule has 1 nitrogen and oxygen atoms in total. The number of ketones is 1. The molecule has 1 heteroatoms. The van der Waals surface area contributed by atoms with E-state index in [9.17, 15) is 4.79 Å². The molecule has 0 rings (SSSR count). The Morgan fingerprint density at radius 2 is 1.14 bits per heavy atom. The van der Waals surface area contributed by atoms with Gasteiger partial charge >= 0.3 is 0 Å². The Bertz CT molecular complexity index is 228. The highest BCUT2D eigenvalue weighted by molar-refractivity contribution is 6.07. The average molecular weight is 194 g/mol. The van der Waals surface area contributed by atoms with Crippen LogP contribution in [0.2, 0.25) is 0 Å². The molecular formula is C13H22O. The van der Waals surface area contributed by atoms with Crippen LogP contribution in [0, 0.1) is 11.8 Å². The third kappa shape index (κ3) is 5.00. The number of hydrogen-bond acceptors (Lipinski definition) is 1. The fourth-order valence-corrected chi connectivity index (χ4v) is 1.46. The zero-order valence-electron chi connectivity index (χ0n) is 10.2. The van der Waals surface area contributed by atoms with Gasteiger partial charge in [-0.1, -0.05) is 39.8 Å². The Morgan fingerprint density at radius 1 is 0.857 bits per heavy atom. The van der Waals surface area contributed by atoms with E-state index in [1.807, 2.05) is 26.0 Å². The standard InChI is InChI=1S/C13H22O/c1-9(2)7-11(5)13(14)12(6)8-10(3)4/h7-10H,1-6H3/b11-7+,12-8+. The molecule has 0 fully saturated rings. The summed E-state index contributed by atoms with van der Waals surface area (Å²) in [4.78, 5) is 11.8. The predicted octanol–water partition coefficient (Wildman–Crippen LogP) is 3.76. The lowest BCUT2D eigenvalue weighted by molar-refractivity contribution is -0.112. The summed E-state index contributed by atoms with van der Waals surface area (Å²) < 4.78 is 0. The first-order valence-electron chi connectivity index (χ1n) is 5.26. The fourth-order valence-electron chi connectivity index (χ4n) is 1.46. The van der Waals surface area contributed by atoms with Gasteiger partial charge in [0.05, 0.1) is 0 Å². The van der Waals surface area contributed by atoms with Crippen molar-refractivity contribution in [1.29, 1.82) is 0 Å². The smallest absolute Gasteiger partial charge is 0.183 e. The SMILES string of the molecule is C/C(=C\C(C)C)C(=O)/C(C)=C/C(C)C. The van der Waals surface area contributed by atoms with Crippen LogP contribution in [0.5, 0.6) is 0 Å². The van der Waals surface area contributed by atoms with Crippen molar-refractivity contribution in [2.45, 2.75) is 41.5 Å². The quantitative estimate of drug-likeness (QED) is 0.623. The van der Waals surface area contributed by atoms with E-state index in [1.54, 1.807) is 0 Å². The van der Waals surface area contributed by atoms with Gasteiger partial charge < -0.3 is 0 Å². The second-order valence-corrected chi connectivity index (χ2v) is 4.52. The lowest BCUT2D eigenvalue weighted by Crippen LogP contribution is -2.03.